The summed E-state index contributed by atoms with van der Waals surface area (Å²) in [5.41, 5.74) is 6.08. The van der Waals surface area contributed by atoms with Crippen molar-refractivity contribution in [3.63, 3.8) is 0 Å². The Morgan fingerprint density at radius 1 is 1.19 bits per heavy atom. The normalized spacial score (nSPS) is 12.8. The van der Waals surface area contributed by atoms with Crippen LogP contribution < -0.4 is 0 Å². The maximum absolute atomic E-state index is 10.2. The van der Waals surface area contributed by atoms with Crippen LogP contribution in [0.5, 0.6) is 0 Å². The highest BCUT2D eigenvalue weighted by atomic mass is 32.1. The number of rotatable bonds is 2. The second-order valence-electron chi connectivity index (χ2n) is 4.05. The van der Waals surface area contributed by atoms with Crippen LogP contribution in [0.3, 0.4) is 0 Å². The Bertz CT molecular complexity index is 504. The Morgan fingerprint density at radius 2 is 1.94 bits per heavy atom. The quantitative estimate of drug-likeness (QED) is 0.864. The van der Waals surface area contributed by atoms with E-state index in [0.717, 1.165) is 16.1 Å². The fraction of sp³-hybridized carbons (Fsp3) is 0.308. The molecule has 1 atom stereocenters. The van der Waals surface area contributed by atoms with Crippen molar-refractivity contribution in [2.75, 3.05) is 0 Å². The van der Waals surface area contributed by atoms with Gasteiger partial charge in [-0.2, -0.15) is 0 Å². The molecule has 3 heteroatoms. The average Bonchev–Trinajstić information content (AvgIpc) is 2.67. The minimum absolute atomic E-state index is 0.549. The minimum Gasteiger partial charge on any atom is -0.383 e. The highest BCUT2D eigenvalue weighted by molar-refractivity contribution is 7.09. The molecule has 0 bridgehead atoms. The first-order valence-electron chi connectivity index (χ1n) is 5.25. The first kappa shape index (κ1) is 11.3. The van der Waals surface area contributed by atoms with Crippen molar-refractivity contribution >= 4 is 11.3 Å². The molecule has 2 aromatic rings. The minimum atomic E-state index is -0.549. The van der Waals surface area contributed by atoms with Gasteiger partial charge in [0.15, 0.2) is 0 Å². The molecule has 0 aliphatic heterocycles. The van der Waals surface area contributed by atoms with E-state index in [1.165, 1.54) is 22.5 Å². The van der Waals surface area contributed by atoms with Crippen LogP contribution in [-0.2, 0) is 0 Å². The van der Waals surface area contributed by atoms with Crippen molar-refractivity contribution in [1.29, 1.82) is 0 Å². The maximum Gasteiger partial charge on any atom is 0.115 e. The Morgan fingerprint density at radius 3 is 2.50 bits per heavy atom. The number of aryl methyl sites for hydroxylation is 3. The van der Waals surface area contributed by atoms with E-state index in [0.29, 0.717) is 0 Å². The largest absolute Gasteiger partial charge is 0.383 e. The van der Waals surface area contributed by atoms with Crippen LogP contribution in [0.15, 0.2) is 23.7 Å². The number of thiazole rings is 1. The van der Waals surface area contributed by atoms with E-state index in [9.17, 15) is 5.11 Å². The lowest BCUT2D eigenvalue weighted by Crippen LogP contribution is -2.00. The van der Waals surface area contributed by atoms with Gasteiger partial charge in [-0.3, -0.25) is 0 Å². The van der Waals surface area contributed by atoms with Gasteiger partial charge in [0.05, 0.1) is 16.1 Å². The molecule has 0 fully saturated rings. The number of hydrogen-bond donors (Lipinski definition) is 1. The zero-order chi connectivity index (χ0) is 11.7. The number of aliphatic hydroxyl groups is 1. The molecular formula is C13H15NOS. The lowest BCUT2D eigenvalue weighted by Gasteiger charge is -2.11. The lowest BCUT2D eigenvalue weighted by molar-refractivity contribution is 0.223. The summed E-state index contributed by atoms with van der Waals surface area (Å²) in [4.78, 5) is 5.10. The van der Waals surface area contributed by atoms with Crippen molar-refractivity contribution in [3.8, 4) is 0 Å². The molecule has 0 saturated heterocycles. The summed E-state index contributed by atoms with van der Waals surface area (Å²) in [5.74, 6) is 0. The summed E-state index contributed by atoms with van der Waals surface area (Å²) in [6, 6.07) is 6.07. The zero-order valence-electron chi connectivity index (χ0n) is 9.69. The molecule has 0 spiro atoms. The summed E-state index contributed by atoms with van der Waals surface area (Å²) in [6.45, 7) is 6.06. The molecule has 2 nitrogen and oxygen atoms in total. The van der Waals surface area contributed by atoms with E-state index in [-0.39, 0.29) is 0 Å². The van der Waals surface area contributed by atoms with E-state index in [1.807, 2.05) is 25.1 Å². The number of hydrogen-bond acceptors (Lipinski definition) is 3. The van der Waals surface area contributed by atoms with Crippen LogP contribution in [0.1, 0.15) is 33.4 Å². The Balaban J connectivity index is 2.38. The number of nitrogens with zero attached hydrogens (tertiary/aromatic N) is 1. The third-order valence-corrected chi connectivity index (χ3v) is 3.86. The molecule has 1 unspecified atom stereocenters. The zero-order valence-corrected chi connectivity index (χ0v) is 10.5. The molecular weight excluding hydrogens is 218 g/mol. The first-order chi connectivity index (χ1) is 7.59. The van der Waals surface area contributed by atoms with Crippen molar-refractivity contribution in [2.45, 2.75) is 26.9 Å². The van der Waals surface area contributed by atoms with Crippen LogP contribution in [-0.4, -0.2) is 10.1 Å². The van der Waals surface area contributed by atoms with Crippen molar-refractivity contribution in [3.05, 3.63) is 51.0 Å². The number of aromatic nitrogens is 1. The summed E-state index contributed by atoms with van der Waals surface area (Å²) in [7, 11) is 0. The Kier molecular flexibility index (Phi) is 3.08. The van der Waals surface area contributed by atoms with Crippen molar-refractivity contribution in [1.82, 2.24) is 4.98 Å². The van der Waals surface area contributed by atoms with Gasteiger partial charge in [-0.15, -0.1) is 11.3 Å². The van der Waals surface area contributed by atoms with E-state index in [1.54, 1.807) is 5.51 Å². The molecule has 0 saturated carbocycles. The SMILES string of the molecule is Cc1ccc(C(O)c2scnc2C)cc1C. The summed E-state index contributed by atoms with van der Waals surface area (Å²) >= 11 is 1.50. The highest BCUT2D eigenvalue weighted by Crippen LogP contribution is 2.28. The monoisotopic (exact) mass is 233 g/mol. The van der Waals surface area contributed by atoms with Gasteiger partial charge in [0.2, 0.25) is 0 Å². The smallest absolute Gasteiger partial charge is 0.115 e. The maximum atomic E-state index is 10.2. The lowest BCUT2D eigenvalue weighted by atomic mass is 10.0. The van der Waals surface area contributed by atoms with Gasteiger partial charge >= 0.3 is 0 Å². The predicted octanol–water partition coefficient (Wildman–Crippen LogP) is 3.15. The molecule has 1 aromatic heterocycles. The molecule has 0 radical (unpaired) electrons. The second-order valence-corrected chi connectivity index (χ2v) is 4.93. The number of aliphatic hydroxyl groups excluding tert-OH is 1. The number of benzene rings is 1. The first-order valence-corrected chi connectivity index (χ1v) is 6.12. The average molecular weight is 233 g/mol. The van der Waals surface area contributed by atoms with Crippen LogP contribution in [0.25, 0.3) is 0 Å². The molecule has 1 aromatic carbocycles. The van der Waals surface area contributed by atoms with Gasteiger partial charge in [-0.25, -0.2) is 4.98 Å². The van der Waals surface area contributed by atoms with Crippen LogP contribution in [0, 0.1) is 20.8 Å². The van der Waals surface area contributed by atoms with Gasteiger partial charge < -0.3 is 5.11 Å². The standard InChI is InChI=1S/C13H15NOS/c1-8-4-5-11(6-9(8)2)12(15)13-10(3)14-7-16-13/h4-7,12,15H,1-3H3. The third-order valence-electron chi connectivity index (χ3n) is 2.88. The third kappa shape index (κ3) is 2.01. The summed E-state index contributed by atoms with van der Waals surface area (Å²) in [6.07, 6.45) is -0.549. The van der Waals surface area contributed by atoms with E-state index in [2.05, 4.69) is 18.8 Å². The molecule has 0 aliphatic rings. The van der Waals surface area contributed by atoms with E-state index in [4.69, 9.17) is 0 Å². The van der Waals surface area contributed by atoms with Crippen LogP contribution >= 0.6 is 11.3 Å². The fourth-order valence-electron chi connectivity index (χ4n) is 1.66. The van der Waals surface area contributed by atoms with Crippen molar-refractivity contribution in [2.24, 2.45) is 0 Å². The van der Waals surface area contributed by atoms with Gasteiger partial charge in [0, 0.05) is 0 Å². The van der Waals surface area contributed by atoms with Gasteiger partial charge in [0.25, 0.3) is 0 Å². The van der Waals surface area contributed by atoms with Gasteiger partial charge in [0.1, 0.15) is 6.10 Å². The molecule has 16 heavy (non-hydrogen) atoms. The van der Waals surface area contributed by atoms with Gasteiger partial charge in [-0.05, 0) is 37.5 Å². The van der Waals surface area contributed by atoms with Crippen LogP contribution in [0.2, 0.25) is 0 Å². The van der Waals surface area contributed by atoms with Crippen LogP contribution in [0.4, 0.5) is 0 Å². The highest BCUT2D eigenvalue weighted by Gasteiger charge is 2.15. The summed E-state index contributed by atoms with van der Waals surface area (Å²) < 4.78 is 0. The molecule has 0 amide bonds. The summed E-state index contributed by atoms with van der Waals surface area (Å²) in [5, 5.41) is 10.2. The fourth-order valence-corrected chi connectivity index (χ4v) is 2.47. The van der Waals surface area contributed by atoms with Crippen molar-refractivity contribution < 1.29 is 5.11 Å². The molecule has 84 valence electrons. The molecule has 0 aliphatic carbocycles. The topological polar surface area (TPSA) is 33.1 Å². The van der Waals surface area contributed by atoms with Gasteiger partial charge in [-0.1, -0.05) is 18.2 Å². The van der Waals surface area contributed by atoms with E-state index < -0.39 is 6.10 Å². The van der Waals surface area contributed by atoms with E-state index >= 15 is 0 Å². The predicted molar refractivity (Wildman–Crippen MR) is 66.8 cm³/mol. The molecule has 1 heterocycles. The molecule has 1 N–H and O–H groups in total. The molecule has 2 rings (SSSR count). The second kappa shape index (κ2) is 4.36. The Hall–Kier alpha value is -1.19. The Labute approximate surface area is 99.6 Å².